The average molecular weight is 386 g/mol. The molecule has 1 N–H and O–H groups in total. The molecule has 0 amide bonds. The van der Waals surface area contributed by atoms with Gasteiger partial charge in [-0.15, -0.1) is 0 Å². The third kappa shape index (κ3) is 2.09. The van der Waals surface area contributed by atoms with Crippen LogP contribution >= 0.6 is 19.8 Å². The Bertz CT molecular complexity index is 809. The van der Waals surface area contributed by atoms with Gasteiger partial charge in [0, 0.05) is 5.39 Å². The van der Waals surface area contributed by atoms with Crippen molar-refractivity contribution in [2.24, 2.45) is 0 Å². The van der Waals surface area contributed by atoms with Gasteiger partial charge in [-0.3, -0.25) is 0 Å². The molecular formula is C15H15IO4. The summed E-state index contributed by atoms with van der Waals surface area (Å²) in [4.78, 5) is 11.4. The van der Waals surface area contributed by atoms with E-state index in [2.05, 4.69) is 0 Å². The van der Waals surface area contributed by atoms with Gasteiger partial charge in [-0.1, -0.05) is 12.1 Å². The number of halogens is 1. The summed E-state index contributed by atoms with van der Waals surface area (Å²) < 4.78 is 23.3. The summed E-state index contributed by atoms with van der Waals surface area (Å²) in [6, 6.07) is 3.55. The molecule has 0 saturated heterocycles. The number of fused-ring (bicyclic) bond motifs is 1. The summed E-state index contributed by atoms with van der Waals surface area (Å²) in [6.07, 6.45) is 0. The molecule has 0 spiro atoms. The van der Waals surface area contributed by atoms with E-state index in [1.54, 1.807) is 13.0 Å². The zero-order valence-electron chi connectivity index (χ0n) is 11.7. The fourth-order valence-corrected chi connectivity index (χ4v) is 4.57. The molecule has 2 aromatic carbocycles. The highest BCUT2D eigenvalue weighted by Crippen LogP contribution is 2.37. The molecule has 0 heterocycles. The molecule has 5 heteroatoms. The Morgan fingerprint density at radius 2 is 1.60 bits per heavy atom. The van der Waals surface area contributed by atoms with Gasteiger partial charge >= 0.3 is 25.8 Å². The SMILES string of the molecule is Cc1ccc2c(I(=O)=O)c(C(=O)O)c(C)c(C)c2c1C. The van der Waals surface area contributed by atoms with Gasteiger partial charge in [0.2, 0.25) is 0 Å². The Kier molecular flexibility index (Phi) is 3.82. The van der Waals surface area contributed by atoms with Crippen LogP contribution < -0.4 is 0 Å². The fraction of sp³-hybridized carbons (Fsp3) is 0.267. The maximum absolute atomic E-state index is 11.7. The number of aryl methyl sites for hydroxylation is 3. The van der Waals surface area contributed by atoms with Crippen molar-refractivity contribution in [2.45, 2.75) is 27.7 Å². The minimum Gasteiger partial charge on any atom is -0.478 e. The molecule has 2 rings (SSSR count). The van der Waals surface area contributed by atoms with E-state index in [1.807, 2.05) is 26.8 Å². The van der Waals surface area contributed by atoms with Crippen molar-refractivity contribution in [3.63, 3.8) is 0 Å². The molecule has 0 aliphatic carbocycles. The molecule has 106 valence electrons. The van der Waals surface area contributed by atoms with Gasteiger partial charge < -0.3 is 5.11 Å². The van der Waals surface area contributed by atoms with Gasteiger partial charge in [0.05, 0.1) is 9.13 Å². The summed E-state index contributed by atoms with van der Waals surface area (Å²) in [6.45, 7) is 7.40. The second kappa shape index (κ2) is 5.12. The first-order chi connectivity index (χ1) is 9.27. The van der Waals surface area contributed by atoms with E-state index in [-0.39, 0.29) is 9.13 Å². The van der Waals surface area contributed by atoms with Crippen molar-refractivity contribution in [1.82, 2.24) is 0 Å². The molecule has 0 unspecified atom stereocenters. The van der Waals surface area contributed by atoms with Crippen molar-refractivity contribution in [2.75, 3.05) is 0 Å². The fourth-order valence-electron chi connectivity index (χ4n) is 2.57. The maximum atomic E-state index is 11.7. The normalized spacial score (nSPS) is 11.2. The molecule has 0 fully saturated rings. The van der Waals surface area contributed by atoms with Gasteiger partial charge in [-0.2, -0.15) is 0 Å². The number of benzene rings is 2. The number of hydrogen-bond donors (Lipinski definition) is 1. The van der Waals surface area contributed by atoms with E-state index in [4.69, 9.17) is 0 Å². The number of carbonyl (C=O) groups is 1. The summed E-state index contributed by atoms with van der Waals surface area (Å²) in [5, 5.41) is 10.7. The largest absolute Gasteiger partial charge is 0.478 e. The van der Waals surface area contributed by atoms with Crippen LogP contribution in [0.15, 0.2) is 12.1 Å². The topological polar surface area (TPSA) is 71.4 Å². The van der Waals surface area contributed by atoms with Gasteiger partial charge in [0.25, 0.3) is 0 Å². The first-order valence-electron chi connectivity index (χ1n) is 6.09. The number of carboxylic acids is 1. The quantitative estimate of drug-likeness (QED) is 0.788. The molecule has 0 aliphatic rings. The summed E-state index contributed by atoms with van der Waals surface area (Å²) in [5.41, 5.74) is 3.35. The van der Waals surface area contributed by atoms with Crippen molar-refractivity contribution in [1.29, 1.82) is 0 Å². The highest BCUT2D eigenvalue weighted by Gasteiger charge is 2.23. The van der Waals surface area contributed by atoms with Crippen LogP contribution in [0.1, 0.15) is 32.6 Å². The number of aromatic carboxylic acids is 1. The van der Waals surface area contributed by atoms with Crippen LogP contribution in [0.25, 0.3) is 10.8 Å². The summed E-state index contributed by atoms with van der Waals surface area (Å²) in [7, 11) is 0. The third-order valence-electron chi connectivity index (χ3n) is 3.87. The highest BCUT2D eigenvalue weighted by atomic mass is 127. The predicted octanol–water partition coefficient (Wildman–Crippen LogP) is 4.14. The van der Waals surface area contributed by atoms with Gasteiger partial charge in [0.15, 0.2) is 0 Å². The van der Waals surface area contributed by atoms with E-state index >= 15 is 0 Å². The van der Waals surface area contributed by atoms with Crippen molar-refractivity contribution in [3.8, 4) is 0 Å². The molecule has 0 radical (unpaired) electrons. The predicted molar refractivity (Wildman–Crippen MR) is 83.9 cm³/mol. The van der Waals surface area contributed by atoms with Gasteiger partial charge in [0.1, 0.15) is 0 Å². The molecule has 0 saturated carbocycles. The zero-order chi connectivity index (χ0) is 15.2. The van der Waals surface area contributed by atoms with Crippen LogP contribution in [0.5, 0.6) is 0 Å². The Labute approximate surface area is 124 Å². The van der Waals surface area contributed by atoms with Crippen LogP contribution in [0.2, 0.25) is 0 Å². The lowest BCUT2D eigenvalue weighted by molar-refractivity contribution is 0.0695. The first kappa shape index (κ1) is 14.9. The average Bonchev–Trinajstić information content (AvgIpc) is 2.36. The molecule has 0 bridgehead atoms. The van der Waals surface area contributed by atoms with Crippen molar-refractivity contribution in [3.05, 3.63) is 43.5 Å². The van der Waals surface area contributed by atoms with E-state index in [1.165, 1.54) is 0 Å². The first-order valence-corrected chi connectivity index (χ1v) is 8.93. The van der Waals surface area contributed by atoms with Gasteiger partial charge in [-0.25, -0.2) is 10.9 Å². The zero-order valence-corrected chi connectivity index (χ0v) is 13.9. The van der Waals surface area contributed by atoms with Crippen LogP contribution in [0.3, 0.4) is 0 Å². The molecule has 20 heavy (non-hydrogen) atoms. The lowest BCUT2D eigenvalue weighted by atomic mass is 9.91. The lowest BCUT2D eigenvalue weighted by Crippen LogP contribution is -2.07. The van der Waals surface area contributed by atoms with Crippen LogP contribution in [-0.4, -0.2) is 11.1 Å². The Morgan fingerprint density at radius 1 is 1.00 bits per heavy atom. The third-order valence-corrected chi connectivity index (χ3v) is 5.87. The number of hydrogen-bond acceptors (Lipinski definition) is 3. The molecule has 0 aromatic heterocycles. The van der Waals surface area contributed by atoms with E-state index in [0.29, 0.717) is 10.9 Å². The van der Waals surface area contributed by atoms with Gasteiger partial charge in [-0.05, 0) is 55.3 Å². The van der Waals surface area contributed by atoms with Crippen LogP contribution in [0, 0.1) is 31.3 Å². The van der Waals surface area contributed by atoms with E-state index < -0.39 is 25.8 Å². The maximum Gasteiger partial charge on any atom is 0.342 e. The standard InChI is InChI=1S/C15H15IO4/c1-7-5-6-11-12(8(7)2)9(3)10(4)13(15(17)18)14(11)16(19)20/h5-6H,1-4H3,(H,17,18). The monoisotopic (exact) mass is 386 g/mol. The molecule has 0 aliphatic heterocycles. The lowest BCUT2D eigenvalue weighted by Gasteiger charge is -2.15. The molecular weight excluding hydrogens is 371 g/mol. The summed E-state index contributed by atoms with van der Waals surface area (Å²) in [5.74, 6) is -1.19. The van der Waals surface area contributed by atoms with E-state index in [0.717, 1.165) is 22.1 Å². The molecule has 2 aromatic rings. The van der Waals surface area contributed by atoms with Crippen LogP contribution in [0.4, 0.5) is 0 Å². The minimum absolute atomic E-state index is 0.00269. The second-order valence-corrected chi connectivity index (χ2v) is 7.21. The molecule has 4 nitrogen and oxygen atoms in total. The Morgan fingerprint density at radius 3 is 2.10 bits per heavy atom. The number of carboxylic acid groups (broad SMARTS) is 1. The Hall–Kier alpha value is -1.50. The minimum atomic E-state index is -3.92. The van der Waals surface area contributed by atoms with Crippen molar-refractivity contribution >= 4 is 36.5 Å². The highest BCUT2D eigenvalue weighted by molar-refractivity contribution is 14.2. The second-order valence-electron chi connectivity index (χ2n) is 4.89. The smallest absolute Gasteiger partial charge is 0.342 e. The van der Waals surface area contributed by atoms with E-state index in [9.17, 15) is 16.0 Å². The summed E-state index contributed by atoms with van der Waals surface area (Å²) >= 11 is -3.92. The van der Waals surface area contributed by atoms with Crippen molar-refractivity contribution < 1.29 is 16.0 Å². The Balaban J connectivity index is 3.21. The van der Waals surface area contributed by atoms with Crippen LogP contribution in [-0.2, 0) is 6.14 Å². The number of rotatable bonds is 2. The molecule has 0 atom stereocenters.